The number of aliphatic hydroxyl groups excluding tert-OH is 1. The molecule has 11 heavy (non-hydrogen) atoms. The second kappa shape index (κ2) is 3.55. The van der Waals surface area contributed by atoms with Crippen LogP contribution in [0.1, 0.15) is 32.6 Å². The van der Waals surface area contributed by atoms with Crippen LogP contribution in [0, 0.1) is 5.41 Å². The molecule has 1 rings (SSSR count). The predicted molar refractivity (Wildman–Crippen MR) is 46.5 cm³/mol. The summed E-state index contributed by atoms with van der Waals surface area (Å²) in [4.78, 5) is 0. The van der Waals surface area contributed by atoms with Gasteiger partial charge in [-0.15, -0.1) is 0 Å². The molecule has 0 bridgehead atoms. The van der Waals surface area contributed by atoms with Crippen molar-refractivity contribution in [2.24, 2.45) is 5.41 Å². The number of hydrogen-bond donors (Lipinski definition) is 2. The summed E-state index contributed by atoms with van der Waals surface area (Å²) >= 11 is 0. The van der Waals surface area contributed by atoms with Crippen molar-refractivity contribution in [1.29, 1.82) is 0 Å². The maximum absolute atomic E-state index is 9.72. The van der Waals surface area contributed by atoms with E-state index in [9.17, 15) is 5.11 Å². The molecule has 2 atom stereocenters. The van der Waals surface area contributed by atoms with Crippen molar-refractivity contribution in [2.75, 3.05) is 13.6 Å². The van der Waals surface area contributed by atoms with Gasteiger partial charge in [0.15, 0.2) is 0 Å². The highest BCUT2D eigenvalue weighted by molar-refractivity contribution is 4.87. The minimum Gasteiger partial charge on any atom is -0.393 e. The van der Waals surface area contributed by atoms with Crippen LogP contribution in [-0.4, -0.2) is 24.8 Å². The lowest BCUT2D eigenvalue weighted by Crippen LogP contribution is -2.42. The van der Waals surface area contributed by atoms with E-state index >= 15 is 0 Å². The summed E-state index contributed by atoms with van der Waals surface area (Å²) in [6.07, 6.45) is 4.52. The molecule has 1 fully saturated rings. The van der Waals surface area contributed by atoms with Gasteiger partial charge in [-0.25, -0.2) is 0 Å². The largest absolute Gasteiger partial charge is 0.393 e. The first-order valence-electron chi connectivity index (χ1n) is 4.52. The van der Waals surface area contributed by atoms with Gasteiger partial charge < -0.3 is 10.4 Å². The normalized spacial score (nSPS) is 39.0. The zero-order chi connectivity index (χ0) is 8.32. The van der Waals surface area contributed by atoms with E-state index in [1.807, 2.05) is 7.05 Å². The second-order valence-corrected chi connectivity index (χ2v) is 3.95. The van der Waals surface area contributed by atoms with Crippen LogP contribution in [0.2, 0.25) is 0 Å². The molecule has 0 saturated heterocycles. The molecular formula is C9H19NO. The Morgan fingerprint density at radius 3 is 2.82 bits per heavy atom. The molecule has 0 heterocycles. The molecule has 1 saturated carbocycles. The van der Waals surface area contributed by atoms with Crippen LogP contribution >= 0.6 is 0 Å². The zero-order valence-electron chi connectivity index (χ0n) is 7.56. The number of hydrogen-bond acceptors (Lipinski definition) is 2. The lowest BCUT2D eigenvalue weighted by molar-refractivity contribution is 0.00250. The first-order valence-corrected chi connectivity index (χ1v) is 4.52. The fraction of sp³-hybridized carbons (Fsp3) is 1.00. The lowest BCUT2D eigenvalue weighted by Gasteiger charge is -2.38. The third kappa shape index (κ3) is 1.94. The van der Waals surface area contributed by atoms with E-state index in [4.69, 9.17) is 0 Å². The predicted octanol–water partition coefficient (Wildman–Crippen LogP) is 1.15. The molecule has 0 radical (unpaired) electrons. The molecule has 0 spiro atoms. The summed E-state index contributed by atoms with van der Waals surface area (Å²) in [6, 6.07) is 0. The first kappa shape index (κ1) is 9.01. The summed E-state index contributed by atoms with van der Waals surface area (Å²) in [5.74, 6) is 0. The molecule has 1 aliphatic rings. The SMILES string of the molecule is CNCC1(C)CCCCC1O. The van der Waals surface area contributed by atoms with E-state index in [2.05, 4.69) is 12.2 Å². The molecule has 2 unspecified atom stereocenters. The monoisotopic (exact) mass is 157 g/mol. The van der Waals surface area contributed by atoms with E-state index in [0.717, 1.165) is 19.4 Å². The molecule has 1 aliphatic carbocycles. The maximum Gasteiger partial charge on any atom is 0.0605 e. The molecular weight excluding hydrogens is 138 g/mol. The van der Waals surface area contributed by atoms with Gasteiger partial charge in [0, 0.05) is 12.0 Å². The highest BCUT2D eigenvalue weighted by Crippen LogP contribution is 2.35. The Hall–Kier alpha value is -0.0800. The molecule has 0 amide bonds. The van der Waals surface area contributed by atoms with Gasteiger partial charge in [-0.2, -0.15) is 0 Å². The van der Waals surface area contributed by atoms with Crippen molar-refractivity contribution < 1.29 is 5.11 Å². The molecule has 0 aliphatic heterocycles. The average Bonchev–Trinajstić information content (AvgIpc) is 1.96. The van der Waals surface area contributed by atoms with Gasteiger partial charge >= 0.3 is 0 Å². The van der Waals surface area contributed by atoms with Crippen molar-refractivity contribution >= 4 is 0 Å². The van der Waals surface area contributed by atoms with Gasteiger partial charge in [-0.1, -0.05) is 19.8 Å². The molecule has 2 nitrogen and oxygen atoms in total. The van der Waals surface area contributed by atoms with Crippen molar-refractivity contribution in [2.45, 2.75) is 38.7 Å². The van der Waals surface area contributed by atoms with Crippen molar-refractivity contribution in [3.05, 3.63) is 0 Å². The highest BCUT2D eigenvalue weighted by Gasteiger charge is 2.34. The zero-order valence-corrected chi connectivity index (χ0v) is 7.56. The van der Waals surface area contributed by atoms with Crippen LogP contribution in [0.25, 0.3) is 0 Å². The van der Waals surface area contributed by atoms with Crippen LogP contribution < -0.4 is 5.32 Å². The Labute approximate surface area is 69.0 Å². The summed E-state index contributed by atoms with van der Waals surface area (Å²) < 4.78 is 0. The van der Waals surface area contributed by atoms with E-state index in [1.54, 1.807) is 0 Å². The van der Waals surface area contributed by atoms with Gasteiger partial charge in [-0.05, 0) is 19.9 Å². The smallest absolute Gasteiger partial charge is 0.0605 e. The molecule has 0 aromatic rings. The highest BCUT2D eigenvalue weighted by atomic mass is 16.3. The van der Waals surface area contributed by atoms with Crippen molar-refractivity contribution in [3.63, 3.8) is 0 Å². The number of nitrogens with one attached hydrogen (secondary N) is 1. The van der Waals surface area contributed by atoms with Crippen molar-refractivity contribution in [1.82, 2.24) is 5.32 Å². The molecule has 0 aromatic heterocycles. The van der Waals surface area contributed by atoms with Gasteiger partial charge in [-0.3, -0.25) is 0 Å². The topological polar surface area (TPSA) is 32.3 Å². The Bertz CT molecular complexity index is 123. The van der Waals surface area contributed by atoms with Crippen LogP contribution in [0.3, 0.4) is 0 Å². The van der Waals surface area contributed by atoms with Crippen LogP contribution in [0.4, 0.5) is 0 Å². The Balaban J connectivity index is 2.49. The third-order valence-corrected chi connectivity index (χ3v) is 2.86. The van der Waals surface area contributed by atoms with E-state index in [-0.39, 0.29) is 11.5 Å². The Kier molecular flexibility index (Phi) is 2.90. The average molecular weight is 157 g/mol. The van der Waals surface area contributed by atoms with E-state index in [1.165, 1.54) is 12.8 Å². The third-order valence-electron chi connectivity index (χ3n) is 2.86. The molecule has 2 N–H and O–H groups in total. The number of aliphatic hydroxyl groups is 1. The van der Waals surface area contributed by atoms with Gasteiger partial charge in [0.25, 0.3) is 0 Å². The summed E-state index contributed by atoms with van der Waals surface area (Å²) in [5, 5.41) is 12.9. The molecule has 66 valence electrons. The minimum atomic E-state index is -0.0938. The fourth-order valence-corrected chi connectivity index (χ4v) is 1.99. The summed E-state index contributed by atoms with van der Waals surface area (Å²) in [6.45, 7) is 3.11. The summed E-state index contributed by atoms with van der Waals surface area (Å²) in [5.41, 5.74) is 0.132. The fourth-order valence-electron chi connectivity index (χ4n) is 1.99. The molecule has 0 aromatic carbocycles. The van der Waals surface area contributed by atoms with Gasteiger partial charge in [0.05, 0.1) is 6.10 Å². The second-order valence-electron chi connectivity index (χ2n) is 3.95. The van der Waals surface area contributed by atoms with E-state index in [0.29, 0.717) is 0 Å². The van der Waals surface area contributed by atoms with Crippen LogP contribution in [0.5, 0.6) is 0 Å². The maximum atomic E-state index is 9.72. The minimum absolute atomic E-state index is 0.0938. The van der Waals surface area contributed by atoms with Gasteiger partial charge in [0.2, 0.25) is 0 Å². The van der Waals surface area contributed by atoms with Crippen molar-refractivity contribution in [3.8, 4) is 0 Å². The first-order chi connectivity index (χ1) is 5.19. The Morgan fingerprint density at radius 2 is 2.27 bits per heavy atom. The number of rotatable bonds is 2. The standard InChI is InChI=1S/C9H19NO/c1-9(7-10-2)6-4-3-5-8(9)11/h8,10-11H,3-7H2,1-2H3. The molecule has 2 heteroatoms. The van der Waals surface area contributed by atoms with Gasteiger partial charge in [0.1, 0.15) is 0 Å². The van der Waals surface area contributed by atoms with E-state index < -0.39 is 0 Å². The summed E-state index contributed by atoms with van der Waals surface area (Å²) in [7, 11) is 1.95. The quantitative estimate of drug-likeness (QED) is 0.630. The van der Waals surface area contributed by atoms with Crippen LogP contribution in [-0.2, 0) is 0 Å². The van der Waals surface area contributed by atoms with Crippen LogP contribution in [0.15, 0.2) is 0 Å². The lowest BCUT2D eigenvalue weighted by atomic mass is 9.73. The Morgan fingerprint density at radius 1 is 1.55 bits per heavy atom.